The zero-order chi connectivity index (χ0) is 19.7. The van der Waals surface area contributed by atoms with Crippen molar-refractivity contribution in [2.45, 2.75) is 132 Å². The number of unbranched alkanes of at least 4 members (excludes halogenated alkanes) is 2. The molecule has 0 heterocycles. The van der Waals surface area contributed by atoms with Gasteiger partial charge in [-0.05, 0) is 63.2 Å². The van der Waals surface area contributed by atoms with Gasteiger partial charge in [0.05, 0.1) is 11.2 Å². The van der Waals surface area contributed by atoms with Gasteiger partial charge in [-0.3, -0.25) is 0 Å². The van der Waals surface area contributed by atoms with E-state index in [2.05, 4.69) is 69.2 Å². The molecule has 0 bridgehead atoms. The fourth-order valence-electron chi connectivity index (χ4n) is 4.30. The molecule has 1 heteroatoms. The fourth-order valence-corrected chi connectivity index (χ4v) is 4.30. The molecule has 0 spiro atoms. The predicted molar refractivity (Wildman–Crippen MR) is 114 cm³/mol. The van der Waals surface area contributed by atoms with Crippen LogP contribution >= 0.6 is 0 Å². The van der Waals surface area contributed by atoms with Crippen LogP contribution in [0.15, 0.2) is 0 Å². The van der Waals surface area contributed by atoms with E-state index < -0.39 is 0 Å². The van der Waals surface area contributed by atoms with Crippen LogP contribution in [0.3, 0.4) is 0 Å². The molecular weight excluding hydrogens is 304 g/mol. The third-order valence-electron chi connectivity index (χ3n) is 6.25. The minimum absolute atomic E-state index is 0.00594. The molecule has 0 aliphatic carbocycles. The first-order chi connectivity index (χ1) is 11.5. The Hall–Kier alpha value is -0.0400. The second-order valence-electron chi connectivity index (χ2n) is 10.00. The Morgan fingerprint density at radius 2 is 0.960 bits per heavy atom. The molecule has 0 aliphatic rings. The lowest BCUT2D eigenvalue weighted by Gasteiger charge is -2.47. The Morgan fingerprint density at radius 3 is 1.20 bits per heavy atom. The summed E-state index contributed by atoms with van der Waals surface area (Å²) in [6, 6.07) is 0. The molecule has 0 fully saturated rings. The number of hydrogen-bond acceptors (Lipinski definition) is 1. The smallest absolute Gasteiger partial charge is 0.0687 e. The summed E-state index contributed by atoms with van der Waals surface area (Å²) in [4.78, 5) is 0. The highest BCUT2D eigenvalue weighted by molar-refractivity contribution is 4.90. The molecule has 1 nitrogen and oxygen atoms in total. The van der Waals surface area contributed by atoms with Crippen LogP contribution in [0, 0.1) is 23.7 Å². The van der Waals surface area contributed by atoms with Crippen LogP contribution < -0.4 is 0 Å². The predicted octanol–water partition coefficient (Wildman–Crippen LogP) is 8.27. The average molecular weight is 355 g/mol. The molecule has 0 amide bonds. The van der Waals surface area contributed by atoms with Crippen molar-refractivity contribution in [2.24, 2.45) is 23.7 Å². The summed E-state index contributed by atoms with van der Waals surface area (Å²) in [7, 11) is 0. The lowest BCUT2D eigenvalue weighted by molar-refractivity contribution is -0.196. The summed E-state index contributed by atoms with van der Waals surface area (Å²) in [5.74, 6) is 2.67. The summed E-state index contributed by atoms with van der Waals surface area (Å²) in [5.41, 5.74) is -0.0119. The molecular formula is C24H50O. The van der Waals surface area contributed by atoms with Crippen molar-refractivity contribution in [3.63, 3.8) is 0 Å². The van der Waals surface area contributed by atoms with E-state index in [4.69, 9.17) is 4.74 Å². The standard InChI is InChI=1S/C24H50O/c1-11-13-15-23(9,21(7)17-19(3)4)25-24(10,16-14-12-2)22(8)18-20(5)6/h19-22H,11-18H2,1-10H3. The maximum Gasteiger partial charge on any atom is 0.0687 e. The van der Waals surface area contributed by atoms with Gasteiger partial charge in [-0.15, -0.1) is 0 Å². The summed E-state index contributed by atoms with van der Waals surface area (Å²) in [6.45, 7) is 23.6. The number of hydrogen-bond donors (Lipinski definition) is 0. The van der Waals surface area contributed by atoms with Crippen molar-refractivity contribution < 1.29 is 4.74 Å². The van der Waals surface area contributed by atoms with E-state index in [1.807, 2.05) is 0 Å². The Kier molecular flexibility index (Phi) is 11.6. The summed E-state index contributed by atoms with van der Waals surface area (Å²) < 4.78 is 7.16. The van der Waals surface area contributed by atoms with Gasteiger partial charge in [0, 0.05) is 0 Å². The summed E-state index contributed by atoms with van der Waals surface area (Å²) in [5, 5.41) is 0. The van der Waals surface area contributed by atoms with Crippen LogP contribution in [0.2, 0.25) is 0 Å². The van der Waals surface area contributed by atoms with Crippen LogP contribution in [-0.2, 0) is 4.74 Å². The normalized spacial score (nSPS) is 19.7. The SMILES string of the molecule is CCCCC(C)(OC(C)(CCCC)C(C)CC(C)C)C(C)CC(C)C. The molecule has 4 unspecified atom stereocenters. The van der Waals surface area contributed by atoms with Gasteiger partial charge in [0.25, 0.3) is 0 Å². The van der Waals surface area contributed by atoms with E-state index in [0.717, 1.165) is 11.8 Å². The second-order valence-corrected chi connectivity index (χ2v) is 10.00. The highest BCUT2D eigenvalue weighted by Gasteiger charge is 2.42. The fraction of sp³-hybridized carbons (Fsp3) is 1.00. The van der Waals surface area contributed by atoms with E-state index in [1.165, 1.54) is 51.4 Å². The maximum absolute atomic E-state index is 7.16. The van der Waals surface area contributed by atoms with Crippen LogP contribution in [0.25, 0.3) is 0 Å². The van der Waals surface area contributed by atoms with E-state index in [1.54, 1.807) is 0 Å². The minimum Gasteiger partial charge on any atom is -0.369 e. The minimum atomic E-state index is -0.00594. The quantitative estimate of drug-likeness (QED) is 0.305. The molecule has 0 aliphatic heterocycles. The van der Waals surface area contributed by atoms with Crippen molar-refractivity contribution >= 4 is 0 Å². The number of rotatable bonds is 14. The maximum atomic E-state index is 7.16. The van der Waals surface area contributed by atoms with Crippen LogP contribution in [0.1, 0.15) is 121 Å². The van der Waals surface area contributed by atoms with E-state index in [0.29, 0.717) is 11.8 Å². The zero-order valence-corrected chi connectivity index (χ0v) is 19.4. The molecule has 0 N–H and O–H groups in total. The van der Waals surface area contributed by atoms with E-state index >= 15 is 0 Å². The lowest BCUT2D eigenvalue weighted by Crippen LogP contribution is -2.49. The van der Waals surface area contributed by atoms with Crippen LogP contribution in [-0.4, -0.2) is 11.2 Å². The highest BCUT2D eigenvalue weighted by Crippen LogP contribution is 2.41. The lowest BCUT2D eigenvalue weighted by atomic mass is 9.77. The molecule has 0 aromatic heterocycles. The third-order valence-corrected chi connectivity index (χ3v) is 6.25. The molecule has 0 rings (SSSR count). The van der Waals surface area contributed by atoms with Crippen molar-refractivity contribution in [2.75, 3.05) is 0 Å². The molecule has 0 radical (unpaired) electrons. The summed E-state index contributed by atoms with van der Waals surface area (Å²) in [6.07, 6.45) is 9.91. The third kappa shape index (κ3) is 8.94. The van der Waals surface area contributed by atoms with Crippen molar-refractivity contribution in [3.8, 4) is 0 Å². The average Bonchev–Trinajstić information content (AvgIpc) is 2.49. The Labute approximate surface area is 160 Å². The van der Waals surface area contributed by atoms with E-state index in [9.17, 15) is 0 Å². The van der Waals surface area contributed by atoms with Crippen LogP contribution in [0.4, 0.5) is 0 Å². The Morgan fingerprint density at radius 1 is 0.640 bits per heavy atom. The highest BCUT2D eigenvalue weighted by atomic mass is 16.5. The van der Waals surface area contributed by atoms with Gasteiger partial charge < -0.3 is 4.74 Å². The molecule has 25 heavy (non-hydrogen) atoms. The van der Waals surface area contributed by atoms with Crippen molar-refractivity contribution in [1.29, 1.82) is 0 Å². The molecule has 4 atom stereocenters. The van der Waals surface area contributed by atoms with Gasteiger partial charge in [0.1, 0.15) is 0 Å². The summed E-state index contributed by atoms with van der Waals surface area (Å²) >= 11 is 0. The topological polar surface area (TPSA) is 9.23 Å². The van der Waals surface area contributed by atoms with Gasteiger partial charge in [-0.1, -0.05) is 81.1 Å². The first kappa shape index (κ1) is 25.0. The Balaban J connectivity index is 5.47. The monoisotopic (exact) mass is 354 g/mol. The first-order valence-corrected chi connectivity index (χ1v) is 11.2. The van der Waals surface area contributed by atoms with Crippen molar-refractivity contribution in [3.05, 3.63) is 0 Å². The van der Waals surface area contributed by atoms with Gasteiger partial charge in [0.15, 0.2) is 0 Å². The van der Waals surface area contributed by atoms with Gasteiger partial charge in [-0.25, -0.2) is 0 Å². The number of ether oxygens (including phenoxy) is 1. The molecule has 0 saturated carbocycles. The largest absolute Gasteiger partial charge is 0.369 e. The molecule has 0 aromatic carbocycles. The van der Waals surface area contributed by atoms with Gasteiger partial charge in [-0.2, -0.15) is 0 Å². The van der Waals surface area contributed by atoms with Gasteiger partial charge in [0.2, 0.25) is 0 Å². The van der Waals surface area contributed by atoms with E-state index in [-0.39, 0.29) is 11.2 Å². The van der Waals surface area contributed by atoms with Gasteiger partial charge >= 0.3 is 0 Å². The molecule has 0 saturated heterocycles. The second kappa shape index (κ2) is 11.6. The van der Waals surface area contributed by atoms with Crippen LogP contribution in [0.5, 0.6) is 0 Å². The Bertz CT molecular complexity index is 303. The zero-order valence-electron chi connectivity index (χ0n) is 19.4. The first-order valence-electron chi connectivity index (χ1n) is 11.2. The molecule has 152 valence electrons. The molecule has 0 aromatic rings. The van der Waals surface area contributed by atoms with Crippen molar-refractivity contribution in [1.82, 2.24) is 0 Å².